The summed E-state index contributed by atoms with van der Waals surface area (Å²) in [6.07, 6.45) is 8.55. The topological polar surface area (TPSA) is 66.5 Å². The quantitative estimate of drug-likeness (QED) is 0.603. The van der Waals surface area contributed by atoms with Gasteiger partial charge in [0.25, 0.3) is 0 Å². The van der Waals surface area contributed by atoms with Crippen molar-refractivity contribution in [2.45, 2.75) is 77.0 Å². The third kappa shape index (κ3) is 1.79. The first-order chi connectivity index (χ1) is 10.4. The van der Waals surface area contributed by atoms with Crippen LogP contribution < -0.4 is 5.73 Å². The monoisotopic (exact) mass is 303 g/mol. The van der Waals surface area contributed by atoms with Crippen LogP contribution in [0, 0.1) is 16.7 Å². The molecule has 0 heterocycles. The van der Waals surface area contributed by atoms with Crippen molar-refractivity contribution in [1.29, 1.82) is 0 Å². The molecule has 4 aliphatic carbocycles. The van der Waals surface area contributed by atoms with Crippen molar-refractivity contribution in [2.75, 3.05) is 0 Å². The SMILES string of the molecule is C[C@]12CC[C@@H]3C(=C1CCC2O)C(N)CC1=CC(O)CC[C@@]13C. The molecule has 0 amide bonds. The fourth-order valence-electron chi connectivity index (χ4n) is 5.99. The van der Waals surface area contributed by atoms with Gasteiger partial charge < -0.3 is 15.9 Å². The summed E-state index contributed by atoms with van der Waals surface area (Å²) in [5.74, 6) is 0.517. The summed E-state index contributed by atoms with van der Waals surface area (Å²) in [5, 5.41) is 20.5. The third-order valence-corrected chi connectivity index (χ3v) is 7.46. The van der Waals surface area contributed by atoms with Gasteiger partial charge in [-0.3, -0.25) is 0 Å². The second-order valence-electron chi connectivity index (χ2n) is 8.52. The van der Waals surface area contributed by atoms with Crippen LogP contribution in [0.4, 0.5) is 0 Å². The maximum Gasteiger partial charge on any atom is 0.0724 e. The van der Waals surface area contributed by atoms with E-state index in [1.54, 1.807) is 0 Å². The summed E-state index contributed by atoms with van der Waals surface area (Å²) >= 11 is 0. The molecule has 0 aromatic rings. The highest BCUT2D eigenvalue weighted by molar-refractivity contribution is 5.42. The van der Waals surface area contributed by atoms with Crippen LogP contribution in [0.25, 0.3) is 0 Å². The number of hydrogen-bond acceptors (Lipinski definition) is 3. The van der Waals surface area contributed by atoms with Crippen molar-refractivity contribution >= 4 is 0 Å². The van der Waals surface area contributed by atoms with Crippen LogP contribution in [0.5, 0.6) is 0 Å². The molecule has 0 spiro atoms. The molecule has 4 N–H and O–H groups in total. The van der Waals surface area contributed by atoms with Gasteiger partial charge in [-0.25, -0.2) is 0 Å². The van der Waals surface area contributed by atoms with Gasteiger partial charge in [0.2, 0.25) is 0 Å². The Morgan fingerprint density at radius 2 is 1.82 bits per heavy atom. The van der Waals surface area contributed by atoms with Crippen LogP contribution in [0.1, 0.15) is 58.8 Å². The molecular weight excluding hydrogens is 274 g/mol. The van der Waals surface area contributed by atoms with E-state index in [9.17, 15) is 10.2 Å². The second kappa shape index (κ2) is 4.68. The summed E-state index contributed by atoms with van der Waals surface area (Å²) < 4.78 is 0. The van der Waals surface area contributed by atoms with E-state index in [1.165, 1.54) is 16.7 Å². The Morgan fingerprint density at radius 3 is 2.59 bits per heavy atom. The average Bonchev–Trinajstić information content (AvgIpc) is 2.77. The molecule has 4 rings (SSSR count). The van der Waals surface area contributed by atoms with E-state index in [0.29, 0.717) is 5.92 Å². The Hall–Kier alpha value is -0.640. The van der Waals surface area contributed by atoms with Gasteiger partial charge in [0.15, 0.2) is 0 Å². The largest absolute Gasteiger partial charge is 0.392 e. The zero-order chi connectivity index (χ0) is 15.7. The van der Waals surface area contributed by atoms with E-state index in [2.05, 4.69) is 19.9 Å². The highest BCUT2D eigenvalue weighted by Gasteiger charge is 2.54. The Balaban J connectivity index is 1.83. The maximum atomic E-state index is 10.5. The number of nitrogens with two attached hydrogens (primary N) is 1. The molecule has 0 aromatic carbocycles. The highest BCUT2D eigenvalue weighted by atomic mass is 16.3. The second-order valence-corrected chi connectivity index (χ2v) is 8.52. The number of aliphatic hydroxyl groups excluding tert-OH is 2. The van der Waals surface area contributed by atoms with Crippen molar-refractivity contribution in [3.8, 4) is 0 Å². The lowest BCUT2D eigenvalue weighted by molar-refractivity contribution is 0.0502. The van der Waals surface area contributed by atoms with E-state index in [-0.39, 0.29) is 29.1 Å². The first-order valence-corrected chi connectivity index (χ1v) is 8.92. The summed E-state index contributed by atoms with van der Waals surface area (Å²) in [5.41, 5.74) is 11.1. The third-order valence-electron chi connectivity index (χ3n) is 7.46. The zero-order valence-corrected chi connectivity index (χ0v) is 13.8. The predicted octanol–water partition coefficient (Wildman–Crippen LogP) is 2.67. The predicted molar refractivity (Wildman–Crippen MR) is 87.1 cm³/mol. The van der Waals surface area contributed by atoms with Crippen molar-refractivity contribution in [3.05, 3.63) is 22.8 Å². The van der Waals surface area contributed by atoms with E-state index in [4.69, 9.17) is 5.73 Å². The molecule has 2 saturated carbocycles. The average molecular weight is 303 g/mol. The molecule has 0 aliphatic heterocycles. The Kier molecular flexibility index (Phi) is 3.18. The van der Waals surface area contributed by atoms with Crippen molar-refractivity contribution < 1.29 is 10.2 Å². The van der Waals surface area contributed by atoms with E-state index >= 15 is 0 Å². The fourth-order valence-corrected chi connectivity index (χ4v) is 5.99. The van der Waals surface area contributed by atoms with Gasteiger partial charge in [0.05, 0.1) is 12.2 Å². The van der Waals surface area contributed by atoms with Gasteiger partial charge in [-0.05, 0) is 61.9 Å². The lowest BCUT2D eigenvalue weighted by atomic mass is 9.51. The maximum absolute atomic E-state index is 10.5. The summed E-state index contributed by atoms with van der Waals surface area (Å²) in [6.45, 7) is 4.63. The first kappa shape index (κ1) is 14.9. The summed E-state index contributed by atoms with van der Waals surface area (Å²) in [6, 6.07) is 0.0783. The molecule has 0 aromatic heterocycles. The van der Waals surface area contributed by atoms with Gasteiger partial charge in [0, 0.05) is 11.5 Å². The Labute approximate surface area is 133 Å². The molecule has 6 atom stereocenters. The van der Waals surface area contributed by atoms with Gasteiger partial charge in [-0.2, -0.15) is 0 Å². The van der Waals surface area contributed by atoms with Gasteiger partial charge in [-0.1, -0.05) is 31.1 Å². The Morgan fingerprint density at radius 1 is 1.09 bits per heavy atom. The molecule has 122 valence electrons. The van der Waals surface area contributed by atoms with Gasteiger partial charge in [-0.15, -0.1) is 0 Å². The van der Waals surface area contributed by atoms with Gasteiger partial charge in [0.1, 0.15) is 0 Å². The molecule has 0 saturated heterocycles. The minimum absolute atomic E-state index is 0.0325. The van der Waals surface area contributed by atoms with E-state index in [1.807, 2.05) is 0 Å². The normalized spacial score (nSPS) is 51.0. The summed E-state index contributed by atoms with van der Waals surface area (Å²) in [7, 11) is 0. The highest BCUT2D eigenvalue weighted by Crippen LogP contribution is 2.62. The standard InChI is InChI=1S/C19H29NO2/c1-18-7-5-12(21)9-11(18)10-15(20)17-13-3-4-16(22)19(13,2)8-6-14(17)18/h9,12,14-16,21-22H,3-8,10,20H2,1-2H3/t12?,14-,15?,16?,18+,19+/m1/s1. The van der Waals surface area contributed by atoms with Crippen molar-refractivity contribution in [1.82, 2.24) is 0 Å². The molecule has 0 radical (unpaired) electrons. The van der Waals surface area contributed by atoms with Crippen molar-refractivity contribution in [2.24, 2.45) is 22.5 Å². The lowest BCUT2D eigenvalue weighted by Gasteiger charge is -2.54. The first-order valence-electron chi connectivity index (χ1n) is 8.92. The molecule has 22 heavy (non-hydrogen) atoms. The molecule has 3 heteroatoms. The minimum Gasteiger partial charge on any atom is -0.392 e. The van der Waals surface area contributed by atoms with Crippen LogP contribution in [0.3, 0.4) is 0 Å². The zero-order valence-electron chi connectivity index (χ0n) is 13.8. The summed E-state index contributed by atoms with van der Waals surface area (Å²) in [4.78, 5) is 0. The molecule has 3 unspecified atom stereocenters. The van der Waals surface area contributed by atoms with Gasteiger partial charge >= 0.3 is 0 Å². The van der Waals surface area contributed by atoms with Crippen molar-refractivity contribution in [3.63, 3.8) is 0 Å². The fraction of sp³-hybridized carbons (Fsp3) is 0.789. The van der Waals surface area contributed by atoms with E-state index in [0.717, 1.165) is 44.9 Å². The van der Waals surface area contributed by atoms with Crippen LogP contribution in [-0.2, 0) is 0 Å². The van der Waals surface area contributed by atoms with Crippen LogP contribution in [0.15, 0.2) is 22.8 Å². The number of rotatable bonds is 0. The van der Waals surface area contributed by atoms with Crippen LogP contribution in [-0.4, -0.2) is 28.5 Å². The lowest BCUT2D eigenvalue weighted by Crippen LogP contribution is -2.50. The number of hydrogen-bond donors (Lipinski definition) is 3. The Bertz CT molecular complexity index is 566. The molecule has 2 fully saturated rings. The molecule has 0 bridgehead atoms. The van der Waals surface area contributed by atoms with Crippen LogP contribution >= 0.6 is 0 Å². The molecule has 4 aliphatic rings. The number of fused-ring (bicyclic) bond motifs is 4. The van der Waals surface area contributed by atoms with Crippen LogP contribution in [0.2, 0.25) is 0 Å². The molecule has 3 nitrogen and oxygen atoms in total. The molecular formula is C19H29NO2. The minimum atomic E-state index is -0.286. The number of aliphatic hydroxyl groups is 2. The van der Waals surface area contributed by atoms with E-state index < -0.39 is 0 Å². The smallest absolute Gasteiger partial charge is 0.0724 e.